The summed E-state index contributed by atoms with van der Waals surface area (Å²) in [5.74, 6) is 2.89. The van der Waals surface area contributed by atoms with E-state index in [1.54, 1.807) is 0 Å². The van der Waals surface area contributed by atoms with Crippen LogP contribution in [0.4, 0.5) is 0 Å². The van der Waals surface area contributed by atoms with Gasteiger partial charge in [-0.2, -0.15) is 11.8 Å². The molecule has 0 saturated carbocycles. The van der Waals surface area contributed by atoms with E-state index in [-0.39, 0.29) is 6.10 Å². The van der Waals surface area contributed by atoms with Crippen LogP contribution in [0, 0.1) is 5.92 Å². The van der Waals surface area contributed by atoms with E-state index in [1.807, 2.05) is 17.8 Å². The Morgan fingerprint density at radius 2 is 2.06 bits per heavy atom. The van der Waals surface area contributed by atoms with Gasteiger partial charge >= 0.3 is 0 Å². The summed E-state index contributed by atoms with van der Waals surface area (Å²) in [6, 6.07) is 8.32. The molecule has 1 aromatic carbocycles. The largest absolute Gasteiger partial charge is 0.491 e. The van der Waals surface area contributed by atoms with Crippen LogP contribution in [0.25, 0.3) is 0 Å². The van der Waals surface area contributed by atoms with Crippen molar-refractivity contribution in [2.24, 2.45) is 5.92 Å². The first-order valence-electron chi connectivity index (χ1n) is 6.57. The molecule has 0 bridgehead atoms. The van der Waals surface area contributed by atoms with E-state index >= 15 is 0 Å². The van der Waals surface area contributed by atoms with Crippen molar-refractivity contribution >= 4 is 11.8 Å². The Hall–Kier alpha value is -0.670. The molecule has 0 saturated heterocycles. The molecule has 0 spiro atoms. The summed E-state index contributed by atoms with van der Waals surface area (Å²) in [4.78, 5) is 0. The molecule has 1 N–H and O–H groups in total. The Balaban J connectivity index is 2.38. The number of rotatable bonds is 8. The van der Waals surface area contributed by atoms with Crippen molar-refractivity contribution in [1.29, 1.82) is 0 Å². The van der Waals surface area contributed by atoms with Crippen LogP contribution in [0.2, 0.25) is 0 Å². The highest BCUT2D eigenvalue weighted by Gasteiger charge is 2.02. The molecule has 0 fully saturated rings. The van der Waals surface area contributed by atoms with Crippen LogP contribution in [0.3, 0.4) is 0 Å². The van der Waals surface area contributed by atoms with Gasteiger partial charge in [0.15, 0.2) is 0 Å². The Bertz CT molecular complexity index is 341. The van der Waals surface area contributed by atoms with Gasteiger partial charge in [0.25, 0.3) is 0 Å². The lowest BCUT2D eigenvalue weighted by molar-refractivity contribution is 0.242. The van der Waals surface area contributed by atoms with Gasteiger partial charge in [-0.05, 0) is 56.0 Å². The van der Waals surface area contributed by atoms with Crippen LogP contribution in [-0.2, 0) is 6.54 Å². The summed E-state index contributed by atoms with van der Waals surface area (Å²) in [5.41, 5.74) is 1.28. The smallest absolute Gasteiger partial charge is 0.120 e. The average Bonchev–Trinajstić information content (AvgIpc) is 2.29. The van der Waals surface area contributed by atoms with Gasteiger partial charge in [-0.3, -0.25) is 0 Å². The maximum absolute atomic E-state index is 5.69. The highest BCUT2D eigenvalue weighted by Crippen LogP contribution is 2.14. The molecule has 0 heterocycles. The zero-order valence-electron chi connectivity index (χ0n) is 11.9. The summed E-state index contributed by atoms with van der Waals surface area (Å²) in [7, 11) is 0. The van der Waals surface area contributed by atoms with Crippen LogP contribution in [0.15, 0.2) is 24.3 Å². The molecule has 2 nitrogen and oxygen atoms in total. The number of hydrogen-bond acceptors (Lipinski definition) is 3. The number of hydrogen-bond donors (Lipinski definition) is 1. The molecule has 0 aromatic heterocycles. The minimum Gasteiger partial charge on any atom is -0.491 e. The summed E-state index contributed by atoms with van der Waals surface area (Å²) < 4.78 is 5.69. The molecule has 1 atom stereocenters. The molecular formula is C15H25NOS. The number of nitrogens with one attached hydrogen (secondary N) is 1. The normalized spacial score (nSPS) is 12.7. The van der Waals surface area contributed by atoms with Gasteiger partial charge in [-0.1, -0.05) is 19.1 Å². The molecule has 18 heavy (non-hydrogen) atoms. The third kappa shape index (κ3) is 6.31. The predicted octanol–water partition coefficient (Wildman–Crippen LogP) is 3.56. The van der Waals surface area contributed by atoms with Crippen LogP contribution in [0.5, 0.6) is 5.75 Å². The lowest BCUT2D eigenvalue weighted by Gasteiger charge is -2.13. The molecule has 0 amide bonds. The maximum atomic E-state index is 5.69. The van der Waals surface area contributed by atoms with Gasteiger partial charge in [-0.15, -0.1) is 0 Å². The molecule has 1 aromatic rings. The van der Waals surface area contributed by atoms with E-state index in [9.17, 15) is 0 Å². The second kappa shape index (κ2) is 8.44. The number of benzene rings is 1. The molecule has 102 valence electrons. The van der Waals surface area contributed by atoms with E-state index in [4.69, 9.17) is 4.74 Å². The fourth-order valence-electron chi connectivity index (χ4n) is 1.81. The van der Waals surface area contributed by atoms with E-state index in [1.165, 1.54) is 11.3 Å². The average molecular weight is 267 g/mol. The highest BCUT2D eigenvalue weighted by atomic mass is 32.2. The van der Waals surface area contributed by atoms with Crippen LogP contribution in [0.1, 0.15) is 26.3 Å². The standard InChI is InChI=1S/C15H25NOS/c1-12(2)17-15-7-5-6-14(8-15)10-16-9-13(3)11-18-4/h5-8,12-13,16H,9-11H2,1-4H3. The fraction of sp³-hybridized carbons (Fsp3) is 0.600. The minimum atomic E-state index is 0.231. The number of thioether (sulfide) groups is 1. The third-order valence-corrected chi connectivity index (χ3v) is 3.45. The van der Waals surface area contributed by atoms with Crippen molar-refractivity contribution in [2.75, 3.05) is 18.6 Å². The summed E-state index contributed by atoms with van der Waals surface area (Å²) in [6.07, 6.45) is 2.39. The SMILES string of the molecule is CSCC(C)CNCc1cccc(OC(C)C)c1. The highest BCUT2D eigenvalue weighted by molar-refractivity contribution is 7.98. The van der Waals surface area contributed by atoms with Crippen LogP contribution < -0.4 is 10.1 Å². The first-order chi connectivity index (χ1) is 8.61. The molecule has 1 rings (SSSR count). The zero-order chi connectivity index (χ0) is 13.4. The third-order valence-electron chi connectivity index (χ3n) is 2.54. The Morgan fingerprint density at radius 1 is 1.28 bits per heavy atom. The molecular weight excluding hydrogens is 242 g/mol. The maximum Gasteiger partial charge on any atom is 0.120 e. The van der Waals surface area contributed by atoms with Crippen molar-refractivity contribution < 1.29 is 4.74 Å². The second-order valence-corrected chi connectivity index (χ2v) is 5.92. The van der Waals surface area contributed by atoms with Gasteiger partial charge in [0, 0.05) is 6.54 Å². The molecule has 1 unspecified atom stereocenters. The van der Waals surface area contributed by atoms with Gasteiger partial charge in [0.05, 0.1) is 6.10 Å². The lowest BCUT2D eigenvalue weighted by atomic mass is 10.2. The molecule has 3 heteroatoms. The van der Waals surface area contributed by atoms with Crippen molar-refractivity contribution in [2.45, 2.75) is 33.4 Å². The fourth-order valence-corrected chi connectivity index (χ4v) is 2.49. The molecule has 0 aliphatic rings. The first-order valence-corrected chi connectivity index (χ1v) is 7.96. The Morgan fingerprint density at radius 3 is 2.72 bits per heavy atom. The summed E-state index contributed by atoms with van der Waals surface area (Å²) in [6.45, 7) is 8.36. The van der Waals surface area contributed by atoms with Crippen molar-refractivity contribution in [3.8, 4) is 5.75 Å². The van der Waals surface area contributed by atoms with Crippen molar-refractivity contribution in [1.82, 2.24) is 5.32 Å². The second-order valence-electron chi connectivity index (χ2n) is 5.01. The minimum absolute atomic E-state index is 0.231. The summed E-state index contributed by atoms with van der Waals surface area (Å²) >= 11 is 1.91. The van der Waals surface area contributed by atoms with Crippen LogP contribution in [-0.4, -0.2) is 24.7 Å². The summed E-state index contributed by atoms with van der Waals surface area (Å²) in [5, 5.41) is 3.50. The molecule has 0 aliphatic carbocycles. The monoisotopic (exact) mass is 267 g/mol. The van der Waals surface area contributed by atoms with E-state index in [0.717, 1.165) is 24.8 Å². The Kier molecular flexibility index (Phi) is 7.21. The van der Waals surface area contributed by atoms with Crippen molar-refractivity contribution in [3.63, 3.8) is 0 Å². The van der Waals surface area contributed by atoms with Gasteiger partial charge in [-0.25, -0.2) is 0 Å². The first kappa shape index (κ1) is 15.4. The van der Waals surface area contributed by atoms with E-state index in [0.29, 0.717) is 0 Å². The Labute approximate surface area is 116 Å². The number of ether oxygens (including phenoxy) is 1. The quantitative estimate of drug-likeness (QED) is 0.778. The molecule has 0 radical (unpaired) electrons. The molecule has 0 aliphatic heterocycles. The topological polar surface area (TPSA) is 21.3 Å². The van der Waals surface area contributed by atoms with Gasteiger partial charge in [0.1, 0.15) is 5.75 Å². The van der Waals surface area contributed by atoms with Crippen molar-refractivity contribution in [3.05, 3.63) is 29.8 Å². The van der Waals surface area contributed by atoms with Gasteiger partial charge in [0.2, 0.25) is 0 Å². The van der Waals surface area contributed by atoms with E-state index in [2.05, 4.69) is 50.5 Å². The zero-order valence-corrected chi connectivity index (χ0v) is 12.7. The van der Waals surface area contributed by atoms with Gasteiger partial charge < -0.3 is 10.1 Å². The van der Waals surface area contributed by atoms with E-state index < -0.39 is 0 Å². The predicted molar refractivity (Wildman–Crippen MR) is 81.5 cm³/mol. The lowest BCUT2D eigenvalue weighted by Crippen LogP contribution is -2.22. The van der Waals surface area contributed by atoms with Crippen LogP contribution >= 0.6 is 11.8 Å².